The molecule has 1 heterocycles. The molecule has 0 bridgehead atoms. The van der Waals surface area contributed by atoms with Crippen molar-refractivity contribution in [2.75, 3.05) is 26.2 Å². The lowest BCUT2D eigenvalue weighted by atomic mass is 9.85. The first kappa shape index (κ1) is 15.3. The van der Waals surface area contributed by atoms with Crippen LogP contribution in [0.4, 0.5) is 13.2 Å². The van der Waals surface area contributed by atoms with Crippen LogP contribution in [0.3, 0.4) is 0 Å². The molecule has 6 heteroatoms. The van der Waals surface area contributed by atoms with Gasteiger partial charge in [-0.25, -0.2) is 0 Å². The topological polar surface area (TPSA) is 32.3 Å². The van der Waals surface area contributed by atoms with Crippen LogP contribution >= 0.6 is 0 Å². The van der Waals surface area contributed by atoms with Crippen molar-refractivity contribution in [1.82, 2.24) is 10.2 Å². The Kier molecular flexibility index (Phi) is 5.01. The number of carbonyl (C=O) groups excluding carboxylic acids is 1. The van der Waals surface area contributed by atoms with E-state index in [1.165, 1.54) is 0 Å². The number of hydrogen-bond acceptors (Lipinski definition) is 2. The van der Waals surface area contributed by atoms with Crippen LogP contribution in [0.5, 0.6) is 0 Å². The molecule has 3 nitrogen and oxygen atoms in total. The summed E-state index contributed by atoms with van der Waals surface area (Å²) >= 11 is 0. The Hall–Kier alpha value is -0.780. The number of hydrogen-bond donors (Lipinski definition) is 1. The molecular weight excluding hydrogens is 245 g/mol. The summed E-state index contributed by atoms with van der Waals surface area (Å²) in [6, 6.07) is 0. The van der Waals surface area contributed by atoms with Crippen molar-refractivity contribution in [3.8, 4) is 0 Å². The van der Waals surface area contributed by atoms with Crippen LogP contribution in [-0.2, 0) is 4.79 Å². The highest BCUT2D eigenvalue weighted by molar-refractivity contribution is 5.78. The lowest BCUT2D eigenvalue weighted by Gasteiger charge is -2.23. The molecule has 1 aliphatic rings. The van der Waals surface area contributed by atoms with E-state index in [2.05, 4.69) is 19.2 Å². The maximum Gasteiger partial charge on any atom is 0.401 e. The summed E-state index contributed by atoms with van der Waals surface area (Å²) in [5.41, 5.74) is 0.217. The molecule has 0 radical (unpaired) electrons. The number of rotatable bonds is 3. The van der Waals surface area contributed by atoms with Crippen molar-refractivity contribution >= 4 is 5.91 Å². The summed E-state index contributed by atoms with van der Waals surface area (Å²) in [6.07, 6.45) is -1.40. The van der Waals surface area contributed by atoms with Crippen LogP contribution in [0.2, 0.25) is 0 Å². The normalized spacial score (nSPS) is 20.6. The van der Waals surface area contributed by atoms with Gasteiger partial charge in [0.25, 0.3) is 0 Å². The third-order valence-corrected chi connectivity index (χ3v) is 3.29. The standard InChI is InChI=1S/C12H21F3N2O/c1-11(2)4-3-6-17(7-5-11)10(18)8-16-9-12(13,14)15/h16H,3-9H2,1-2H3. The number of nitrogens with one attached hydrogen (secondary N) is 1. The van der Waals surface area contributed by atoms with Crippen LogP contribution in [-0.4, -0.2) is 43.2 Å². The Morgan fingerprint density at radius 3 is 2.56 bits per heavy atom. The molecule has 1 saturated heterocycles. The van der Waals surface area contributed by atoms with Crippen LogP contribution in [0.15, 0.2) is 0 Å². The first-order chi connectivity index (χ1) is 8.20. The number of carbonyl (C=O) groups is 1. The summed E-state index contributed by atoms with van der Waals surface area (Å²) in [7, 11) is 0. The van der Waals surface area contributed by atoms with Crippen LogP contribution < -0.4 is 5.32 Å². The van der Waals surface area contributed by atoms with Gasteiger partial charge in [0, 0.05) is 13.1 Å². The molecule has 0 aromatic heterocycles. The second-order valence-electron chi connectivity index (χ2n) is 5.62. The first-order valence-electron chi connectivity index (χ1n) is 6.25. The first-order valence-corrected chi connectivity index (χ1v) is 6.25. The summed E-state index contributed by atoms with van der Waals surface area (Å²) in [5, 5.41) is 2.15. The van der Waals surface area contributed by atoms with Gasteiger partial charge in [0.2, 0.25) is 5.91 Å². The predicted molar refractivity (Wildman–Crippen MR) is 63.1 cm³/mol. The maximum absolute atomic E-state index is 11.9. The third kappa shape index (κ3) is 5.71. The summed E-state index contributed by atoms with van der Waals surface area (Å²) in [6.45, 7) is 4.25. The van der Waals surface area contributed by atoms with Crippen LogP contribution in [0.25, 0.3) is 0 Å². The minimum absolute atomic E-state index is 0.217. The van der Waals surface area contributed by atoms with E-state index < -0.39 is 12.7 Å². The fraction of sp³-hybridized carbons (Fsp3) is 0.917. The van der Waals surface area contributed by atoms with Gasteiger partial charge in [-0.1, -0.05) is 13.8 Å². The van der Waals surface area contributed by atoms with Gasteiger partial charge in [-0.2, -0.15) is 13.2 Å². The van der Waals surface area contributed by atoms with E-state index in [0.717, 1.165) is 19.3 Å². The number of likely N-dealkylation sites (tertiary alicyclic amines) is 1. The Bertz CT molecular complexity index is 290. The Balaban J connectivity index is 2.34. The van der Waals surface area contributed by atoms with Gasteiger partial charge in [-0.15, -0.1) is 0 Å². The summed E-state index contributed by atoms with van der Waals surface area (Å²) in [4.78, 5) is 13.4. The zero-order valence-corrected chi connectivity index (χ0v) is 10.9. The van der Waals surface area contributed by atoms with E-state index in [1.54, 1.807) is 4.90 Å². The van der Waals surface area contributed by atoms with Crippen molar-refractivity contribution in [3.05, 3.63) is 0 Å². The van der Waals surface area contributed by atoms with Gasteiger partial charge in [0.15, 0.2) is 0 Å². The van der Waals surface area contributed by atoms with Crippen molar-refractivity contribution in [2.24, 2.45) is 5.41 Å². The highest BCUT2D eigenvalue weighted by atomic mass is 19.4. The molecule has 0 unspecified atom stereocenters. The lowest BCUT2D eigenvalue weighted by Crippen LogP contribution is -2.41. The average molecular weight is 266 g/mol. The zero-order valence-electron chi connectivity index (χ0n) is 10.9. The van der Waals surface area contributed by atoms with Crippen LogP contribution in [0, 0.1) is 5.41 Å². The zero-order chi connectivity index (χ0) is 13.8. The molecule has 0 spiro atoms. The molecule has 18 heavy (non-hydrogen) atoms. The molecule has 1 fully saturated rings. The molecule has 0 aromatic carbocycles. The molecule has 1 amide bonds. The van der Waals surface area contributed by atoms with Gasteiger partial charge in [-0.3, -0.25) is 4.79 Å². The number of amides is 1. The third-order valence-electron chi connectivity index (χ3n) is 3.29. The Morgan fingerprint density at radius 1 is 1.28 bits per heavy atom. The fourth-order valence-corrected chi connectivity index (χ4v) is 2.10. The molecule has 0 aliphatic carbocycles. The Morgan fingerprint density at radius 2 is 1.94 bits per heavy atom. The second kappa shape index (κ2) is 5.91. The lowest BCUT2D eigenvalue weighted by molar-refractivity contribution is -0.134. The van der Waals surface area contributed by atoms with Crippen molar-refractivity contribution in [2.45, 2.75) is 39.3 Å². The monoisotopic (exact) mass is 266 g/mol. The molecule has 106 valence electrons. The molecule has 1 rings (SSSR count). The predicted octanol–water partition coefficient (Wildman–Crippen LogP) is 2.18. The average Bonchev–Trinajstić information content (AvgIpc) is 2.37. The number of alkyl halides is 3. The van der Waals surface area contributed by atoms with Gasteiger partial charge < -0.3 is 10.2 Å². The molecular formula is C12H21F3N2O. The highest BCUT2D eigenvalue weighted by Crippen LogP contribution is 2.29. The summed E-state index contributed by atoms with van der Waals surface area (Å²) in [5.74, 6) is -0.239. The molecule has 0 aromatic rings. The van der Waals surface area contributed by atoms with Crippen molar-refractivity contribution in [3.63, 3.8) is 0 Å². The van der Waals surface area contributed by atoms with Crippen molar-refractivity contribution in [1.29, 1.82) is 0 Å². The minimum Gasteiger partial charge on any atom is -0.342 e. The van der Waals surface area contributed by atoms with E-state index in [1.807, 2.05) is 0 Å². The van der Waals surface area contributed by atoms with Crippen LogP contribution in [0.1, 0.15) is 33.1 Å². The molecule has 1 N–H and O–H groups in total. The van der Waals surface area contributed by atoms with E-state index in [-0.39, 0.29) is 17.9 Å². The maximum atomic E-state index is 11.9. The number of halogens is 3. The second-order valence-corrected chi connectivity index (χ2v) is 5.62. The van der Waals surface area contributed by atoms with E-state index in [4.69, 9.17) is 0 Å². The largest absolute Gasteiger partial charge is 0.401 e. The van der Waals surface area contributed by atoms with Gasteiger partial charge in [0.05, 0.1) is 13.1 Å². The van der Waals surface area contributed by atoms with Gasteiger partial charge in [-0.05, 0) is 24.7 Å². The highest BCUT2D eigenvalue weighted by Gasteiger charge is 2.28. The smallest absolute Gasteiger partial charge is 0.342 e. The van der Waals surface area contributed by atoms with Crippen molar-refractivity contribution < 1.29 is 18.0 Å². The SMILES string of the molecule is CC1(C)CCCN(C(=O)CNCC(F)(F)F)CC1. The summed E-state index contributed by atoms with van der Waals surface area (Å²) < 4.78 is 35.8. The quantitative estimate of drug-likeness (QED) is 0.849. The number of nitrogens with zero attached hydrogens (tertiary/aromatic N) is 1. The molecule has 0 atom stereocenters. The van der Waals surface area contributed by atoms with E-state index >= 15 is 0 Å². The molecule has 1 aliphatic heterocycles. The fourth-order valence-electron chi connectivity index (χ4n) is 2.10. The van der Waals surface area contributed by atoms with E-state index in [0.29, 0.717) is 13.1 Å². The minimum atomic E-state index is -4.26. The Labute approximate surface area is 106 Å². The van der Waals surface area contributed by atoms with Gasteiger partial charge >= 0.3 is 6.18 Å². The van der Waals surface area contributed by atoms with E-state index in [9.17, 15) is 18.0 Å². The van der Waals surface area contributed by atoms with Gasteiger partial charge in [0.1, 0.15) is 0 Å². The molecule has 0 saturated carbocycles.